The molecule has 1 fully saturated rings. The van der Waals surface area contributed by atoms with Crippen LogP contribution < -0.4 is 5.32 Å². The lowest BCUT2D eigenvalue weighted by molar-refractivity contribution is -0.143. The van der Waals surface area contributed by atoms with Crippen molar-refractivity contribution in [1.29, 1.82) is 0 Å². The van der Waals surface area contributed by atoms with Crippen molar-refractivity contribution in [3.63, 3.8) is 0 Å². The number of aliphatic carboxylic acids is 1. The van der Waals surface area contributed by atoms with Crippen molar-refractivity contribution < 1.29 is 19.1 Å². The summed E-state index contributed by atoms with van der Waals surface area (Å²) >= 11 is 0. The van der Waals surface area contributed by atoms with E-state index in [0.29, 0.717) is 31.0 Å². The molecule has 138 valence electrons. The highest BCUT2D eigenvalue weighted by atomic mass is 16.4. The van der Waals surface area contributed by atoms with Gasteiger partial charge in [0.05, 0.1) is 5.92 Å². The SMILES string of the molecule is O=C(O)C1CCCN(C(=O)Nc2ccc(-c3nc4ccccc4o3)cc2)C1. The van der Waals surface area contributed by atoms with Crippen LogP contribution in [0.3, 0.4) is 0 Å². The number of nitrogens with one attached hydrogen (secondary N) is 1. The van der Waals surface area contributed by atoms with Gasteiger partial charge in [0.15, 0.2) is 5.58 Å². The number of carbonyl (C=O) groups excluding carboxylic acids is 1. The number of hydrogen-bond donors (Lipinski definition) is 2. The first-order chi connectivity index (χ1) is 13.1. The van der Waals surface area contributed by atoms with E-state index < -0.39 is 11.9 Å². The van der Waals surface area contributed by atoms with Gasteiger partial charge in [-0.05, 0) is 49.2 Å². The molecule has 0 saturated carbocycles. The summed E-state index contributed by atoms with van der Waals surface area (Å²) in [5.41, 5.74) is 2.97. The molecule has 27 heavy (non-hydrogen) atoms. The Morgan fingerprint density at radius 1 is 1.15 bits per heavy atom. The minimum atomic E-state index is -0.852. The number of para-hydroxylation sites is 2. The topological polar surface area (TPSA) is 95.7 Å². The number of amides is 2. The highest BCUT2D eigenvalue weighted by molar-refractivity contribution is 5.90. The van der Waals surface area contributed by atoms with Gasteiger partial charge in [0.1, 0.15) is 5.52 Å². The molecule has 0 aliphatic carbocycles. The summed E-state index contributed by atoms with van der Waals surface area (Å²) < 4.78 is 5.74. The van der Waals surface area contributed by atoms with Crippen LogP contribution in [0.25, 0.3) is 22.6 Å². The molecule has 3 aromatic rings. The van der Waals surface area contributed by atoms with Crippen LogP contribution in [0.5, 0.6) is 0 Å². The number of oxazole rings is 1. The van der Waals surface area contributed by atoms with Gasteiger partial charge in [0.25, 0.3) is 0 Å². The summed E-state index contributed by atoms with van der Waals surface area (Å²) in [4.78, 5) is 29.6. The number of hydrogen-bond acceptors (Lipinski definition) is 4. The average Bonchev–Trinajstić information content (AvgIpc) is 3.13. The molecule has 1 saturated heterocycles. The van der Waals surface area contributed by atoms with E-state index in [1.807, 2.05) is 36.4 Å². The van der Waals surface area contributed by atoms with Crippen molar-refractivity contribution in [2.24, 2.45) is 5.92 Å². The molecule has 1 aliphatic rings. The van der Waals surface area contributed by atoms with Gasteiger partial charge in [-0.25, -0.2) is 9.78 Å². The summed E-state index contributed by atoms with van der Waals surface area (Å²) in [6.45, 7) is 0.804. The number of fused-ring (bicyclic) bond motifs is 1. The fourth-order valence-electron chi connectivity index (χ4n) is 3.26. The molecule has 4 rings (SSSR count). The Kier molecular flexibility index (Phi) is 4.50. The zero-order chi connectivity index (χ0) is 18.8. The smallest absolute Gasteiger partial charge is 0.321 e. The van der Waals surface area contributed by atoms with Gasteiger partial charge in [-0.1, -0.05) is 12.1 Å². The molecule has 2 heterocycles. The Hall–Kier alpha value is -3.35. The molecular weight excluding hydrogens is 346 g/mol. The molecule has 7 heteroatoms. The molecular formula is C20H19N3O4. The summed E-state index contributed by atoms with van der Waals surface area (Å²) in [6, 6.07) is 14.5. The second-order valence-electron chi connectivity index (χ2n) is 6.62. The lowest BCUT2D eigenvalue weighted by Gasteiger charge is -2.30. The van der Waals surface area contributed by atoms with Gasteiger partial charge in [0.2, 0.25) is 5.89 Å². The first-order valence-electron chi connectivity index (χ1n) is 8.85. The van der Waals surface area contributed by atoms with Crippen molar-refractivity contribution in [1.82, 2.24) is 9.88 Å². The Labute approximate surface area is 155 Å². The van der Waals surface area contributed by atoms with Crippen molar-refractivity contribution in [3.05, 3.63) is 48.5 Å². The van der Waals surface area contributed by atoms with Crippen LogP contribution in [0.15, 0.2) is 52.9 Å². The predicted molar refractivity (Wildman–Crippen MR) is 100 cm³/mol. The average molecular weight is 365 g/mol. The third-order valence-corrected chi connectivity index (χ3v) is 4.73. The Bertz CT molecular complexity index is 947. The zero-order valence-corrected chi connectivity index (χ0v) is 14.6. The monoisotopic (exact) mass is 365 g/mol. The standard InChI is InChI=1S/C20H19N3O4/c24-19(25)14-4-3-11-23(12-14)20(26)21-15-9-7-13(8-10-15)18-22-16-5-1-2-6-17(16)27-18/h1-2,5-10,14H,3-4,11-12H2,(H,21,26)(H,24,25). The lowest BCUT2D eigenvalue weighted by Crippen LogP contribution is -2.44. The Morgan fingerprint density at radius 3 is 2.67 bits per heavy atom. The molecule has 1 aliphatic heterocycles. The number of carbonyl (C=O) groups is 2. The number of benzene rings is 2. The predicted octanol–water partition coefficient (Wildman–Crippen LogP) is 3.82. The van der Waals surface area contributed by atoms with E-state index in [0.717, 1.165) is 16.7 Å². The van der Waals surface area contributed by atoms with Gasteiger partial charge < -0.3 is 19.7 Å². The Morgan fingerprint density at radius 2 is 1.93 bits per heavy atom. The first kappa shape index (κ1) is 17.1. The third kappa shape index (κ3) is 3.62. The molecule has 7 nitrogen and oxygen atoms in total. The van der Waals surface area contributed by atoms with Crippen LogP contribution in [-0.4, -0.2) is 40.1 Å². The lowest BCUT2D eigenvalue weighted by atomic mass is 9.99. The number of carboxylic acid groups (broad SMARTS) is 1. The Balaban J connectivity index is 1.44. The van der Waals surface area contributed by atoms with Crippen molar-refractivity contribution in [2.75, 3.05) is 18.4 Å². The second kappa shape index (κ2) is 7.11. The van der Waals surface area contributed by atoms with Gasteiger partial charge in [-0.15, -0.1) is 0 Å². The summed E-state index contributed by atoms with van der Waals surface area (Å²) in [5, 5.41) is 12.0. The van der Waals surface area contributed by atoms with Gasteiger partial charge in [0, 0.05) is 24.3 Å². The maximum Gasteiger partial charge on any atom is 0.321 e. The number of nitrogens with zero attached hydrogens (tertiary/aromatic N) is 2. The molecule has 1 aromatic heterocycles. The third-order valence-electron chi connectivity index (χ3n) is 4.73. The fourth-order valence-corrected chi connectivity index (χ4v) is 3.26. The number of piperidine rings is 1. The van der Waals surface area contributed by atoms with E-state index in [-0.39, 0.29) is 12.6 Å². The zero-order valence-electron chi connectivity index (χ0n) is 14.6. The quantitative estimate of drug-likeness (QED) is 0.735. The highest BCUT2D eigenvalue weighted by Crippen LogP contribution is 2.25. The van der Waals surface area contributed by atoms with Crippen molar-refractivity contribution in [2.45, 2.75) is 12.8 Å². The van der Waals surface area contributed by atoms with E-state index in [1.54, 1.807) is 17.0 Å². The maximum atomic E-state index is 12.4. The molecule has 1 unspecified atom stereocenters. The van der Waals surface area contributed by atoms with Crippen LogP contribution in [0.1, 0.15) is 12.8 Å². The second-order valence-corrected chi connectivity index (χ2v) is 6.62. The minimum Gasteiger partial charge on any atom is -0.481 e. The molecule has 0 radical (unpaired) electrons. The first-order valence-corrected chi connectivity index (χ1v) is 8.85. The van der Waals surface area contributed by atoms with E-state index >= 15 is 0 Å². The van der Waals surface area contributed by atoms with E-state index in [9.17, 15) is 9.59 Å². The maximum absolute atomic E-state index is 12.4. The molecule has 2 aromatic carbocycles. The number of urea groups is 1. The number of aromatic nitrogens is 1. The number of carboxylic acids is 1. The van der Waals surface area contributed by atoms with E-state index in [2.05, 4.69) is 10.3 Å². The molecule has 2 amide bonds. The van der Waals surface area contributed by atoms with Crippen LogP contribution in [0.4, 0.5) is 10.5 Å². The molecule has 0 spiro atoms. The number of likely N-dealkylation sites (tertiary alicyclic amines) is 1. The van der Waals surface area contributed by atoms with Crippen LogP contribution in [0, 0.1) is 5.92 Å². The normalized spacial score (nSPS) is 17.0. The summed E-state index contributed by atoms with van der Waals surface area (Å²) in [5.74, 6) is -0.823. The van der Waals surface area contributed by atoms with Crippen LogP contribution >= 0.6 is 0 Å². The van der Waals surface area contributed by atoms with E-state index in [1.165, 1.54) is 0 Å². The van der Waals surface area contributed by atoms with Gasteiger partial charge >= 0.3 is 12.0 Å². The molecule has 2 N–H and O–H groups in total. The number of anilines is 1. The van der Waals surface area contributed by atoms with Gasteiger partial charge in [-0.3, -0.25) is 4.79 Å². The minimum absolute atomic E-state index is 0.238. The largest absolute Gasteiger partial charge is 0.481 e. The highest BCUT2D eigenvalue weighted by Gasteiger charge is 2.28. The number of rotatable bonds is 3. The summed E-state index contributed by atoms with van der Waals surface area (Å²) in [7, 11) is 0. The van der Waals surface area contributed by atoms with Crippen LogP contribution in [-0.2, 0) is 4.79 Å². The van der Waals surface area contributed by atoms with Crippen molar-refractivity contribution >= 4 is 28.8 Å². The fraction of sp³-hybridized carbons (Fsp3) is 0.250. The molecule has 0 bridgehead atoms. The van der Waals surface area contributed by atoms with E-state index in [4.69, 9.17) is 9.52 Å². The molecule has 1 atom stereocenters. The summed E-state index contributed by atoms with van der Waals surface area (Å²) in [6.07, 6.45) is 1.30. The van der Waals surface area contributed by atoms with Crippen molar-refractivity contribution in [3.8, 4) is 11.5 Å². The van der Waals surface area contributed by atoms with Gasteiger partial charge in [-0.2, -0.15) is 0 Å². The van der Waals surface area contributed by atoms with Crippen LogP contribution in [0.2, 0.25) is 0 Å².